The van der Waals surface area contributed by atoms with Gasteiger partial charge in [-0.1, -0.05) is 12.1 Å². The van der Waals surface area contributed by atoms with Gasteiger partial charge in [0.05, 0.1) is 12.3 Å². The highest BCUT2D eigenvalue weighted by atomic mass is 16.5. The van der Waals surface area contributed by atoms with E-state index in [0.717, 1.165) is 11.3 Å². The number of aromatic nitrogens is 3. The molecule has 0 radical (unpaired) electrons. The maximum atomic E-state index is 12.4. The molecule has 0 fully saturated rings. The van der Waals surface area contributed by atoms with Crippen molar-refractivity contribution >= 4 is 40.5 Å². The number of hydrogen-bond donors (Lipinski definition) is 4. The monoisotopic (exact) mass is 455 g/mol. The number of rotatable bonds is 8. The molecule has 0 saturated heterocycles. The van der Waals surface area contributed by atoms with Crippen molar-refractivity contribution in [3.63, 3.8) is 0 Å². The van der Waals surface area contributed by atoms with Crippen molar-refractivity contribution in [2.45, 2.75) is 13.8 Å². The zero-order valence-corrected chi connectivity index (χ0v) is 18.9. The molecule has 9 heteroatoms. The van der Waals surface area contributed by atoms with Crippen LogP contribution in [0.1, 0.15) is 12.5 Å². The molecule has 4 rings (SSSR count). The van der Waals surface area contributed by atoms with Gasteiger partial charge in [0.25, 0.3) is 0 Å². The molecule has 2 heterocycles. The lowest BCUT2D eigenvalue weighted by Gasteiger charge is -2.12. The Morgan fingerprint density at radius 3 is 2.29 bits per heavy atom. The molecule has 0 aliphatic heterocycles. The van der Waals surface area contributed by atoms with Crippen LogP contribution in [0.3, 0.4) is 0 Å². The number of ether oxygens (including phenoxy) is 1. The Morgan fingerprint density at radius 1 is 0.824 bits per heavy atom. The number of nitrogens with zero attached hydrogens (tertiary/aromatic N) is 3. The minimum Gasteiger partial charge on any atom is -0.492 e. The Kier molecular flexibility index (Phi) is 7.14. The third-order valence-corrected chi connectivity index (χ3v) is 4.69. The summed E-state index contributed by atoms with van der Waals surface area (Å²) in [5.41, 5.74) is 3.17. The van der Waals surface area contributed by atoms with Gasteiger partial charge in [0.2, 0.25) is 0 Å². The van der Waals surface area contributed by atoms with Gasteiger partial charge in [-0.25, -0.2) is 19.7 Å². The molecule has 4 aromatic rings. The van der Waals surface area contributed by atoms with Gasteiger partial charge in [-0.05, 0) is 67.9 Å². The van der Waals surface area contributed by atoms with E-state index < -0.39 is 0 Å². The summed E-state index contributed by atoms with van der Waals surface area (Å²) < 4.78 is 5.54. The molecule has 0 aliphatic carbocycles. The van der Waals surface area contributed by atoms with Crippen LogP contribution in [0.5, 0.6) is 5.75 Å². The molecule has 0 unspecified atom stereocenters. The minimum absolute atomic E-state index is 0.357. The second-order valence-electron chi connectivity index (χ2n) is 7.34. The number of amides is 2. The highest BCUT2D eigenvalue weighted by molar-refractivity contribution is 6.00. The molecule has 172 valence electrons. The molecule has 2 amide bonds. The molecule has 0 atom stereocenters. The van der Waals surface area contributed by atoms with Crippen molar-refractivity contribution in [2.24, 2.45) is 0 Å². The predicted molar refractivity (Wildman–Crippen MR) is 134 cm³/mol. The Labute approximate surface area is 197 Å². The van der Waals surface area contributed by atoms with Gasteiger partial charge in [-0.15, -0.1) is 0 Å². The van der Waals surface area contributed by atoms with E-state index in [9.17, 15) is 4.79 Å². The number of pyridine rings is 1. The second kappa shape index (κ2) is 10.8. The van der Waals surface area contributed by atoms with Crippen molar-refractivity contribution in [3.05, 3.63) is 84.8 Å². The van der Waals surface area contributed by atoms with E-state index in [1.165, 1.54) is 6.33 Å². The standard InChI is InChI=1S/C25H25N7O2/c1-3-34-21-7-5-4-6-20(21)31-25(33)30-19-10-8-18(9-11-19)29-23-15-24(28-16-27-23)32-22-14-17(2)12-13-26-22/h4-16H,3H2,1-2H3,(H2,30,31,33)(H2,26,27,28,29,32). The third kappa shape index (κ3) is 6.19. The number of anilines is 6. The molecule has 2 aromatic carbocycles. The fourth-order valence-corrected chi connectivity index (χ4v) is 3.15. The Morgan fingerprint density at radius 2 is 1.53 bits per heavy atom. The minimum atomic E-state index is -0.357. The third-order valence-electron chi connectivity index (χ3n) is 4.69. The first-order valence-corrected chi connectivity index (χ1v) is 10.8. The summed E-state index contributed by atoms with van der Waals surface area (Å²) in [5.74, 6) is 2.58. The fourth-order valence-electron chi connectivity index (χ4n) is 3.15. The first-order valence-electron chi connectivity index (χ1n) is 10.8. The van der Waals surface area contributed by atoms with Crippen molar-refractivity contribution in [3.8, 4) is 5.75 Å². The zero-order chi connectivity index (χ0) is 23.8. The predicted octanol–water partition coefficient (Wildman–Crippen LogP) is 5.71. The van der Waals surface area contributed by atoms with Crippen molar-refractivity contribution in [2.75, 3.05) is 27.9 Å². The molecule has 9 nitrogen and oxygen atoms in total. The first-order chi connectivity index (χ1) is 16.6. The Bertz CT molecular complexity index is 1260. The smallest absolute Gasteiger partial charge is 0.323 e. The summed E-state index contributed by atoms with van der Waals surface area (Å²) in [6.45, 7) is 4.41. The zero-order valence-electron chi connectivity index (χ0n) is 18.9. The van der Waals surface area contributed by atoms with Crippen LogP contribution in [-0.2, 0) is 0 Å². The first kappa shape index (κ1) is 22.5. The van der Waals surface area contributed by atoms with E-state index in [4.69, 9.17) is 4.74 Å². The lowest BCUT2D eigenvalue weighted by atomic mass is 10.2. The fraction of sp³-hybridized carbons (Fsp3) is 0.120. The van der Waals surface area contributed by atoms with E-state index in [2.05, 4.69) is 36.2 Å². The van der Waals surface area contributed by atoms with Crippen LogP contribution in [0.4, 0.5) is 39.3 Å². The van der Waals surface area contributed by atoms with Crippen LogP contribution < -0.4 is 26.0 Å². The number of hydrogen-bond acceptors (Lipinski definition) is 7. The molecule has 0 saturated carbocycles. The number of nitrogens with one attached hydrogen (secondary N) is 4. The quantitative estimate of drug-likeness (QED) is 0.269. The van der Waals surface area contributed by atoms with E-state index in [0.29, 0.717) is 41.2 Å². The van der Waals surface area contributed by atoms with Crippen molar-refractivity contribution in [1.82, 2.24) is 15.0 Å². The van der Waals surface area contributed by atoms with E-state index >= 15 is 0 Å². The summed E-state index contributed by atoms with van der Waals surface area (Å²) in [6, 6.07) is 19.9. The number of benzene rings is 2. The molecule has 2 aromatic heterocycles. The van der Waals surface area contributed by atoms with Gasteiger partial charge in [0, 0.05) is 23.6 Å². The summed E-state index contributed by atoms with van der Waals surface area (Å²) >= 11 is 0. The summed E-state index contributed by atoms with van der Waals surface area (Å²) in [7, 11) is 0. The topological polar surface area (TPSA) is 113 Å². The largest absolute Gasteiger partial charge is 0.492 e. The average molecular weight is 456 g/mol. The Hall–Kier alpha value is -4.66. The number of para-hydroxylation sites is 2. The van der Waals surface area contributed by atoms with E-state index in [1.54, 1.807) is 30.5 Å². The molecular formula is C25H25N7O2. The molecule has 34 heavy (non-hydrogen) atoms. The molecule has 0 spiro atoms. The lowest BCUT2D eigenvalue weighted by Crippen LogP contribution is -2.19. The Balaban J connectivity index is 1.35. The van der Waals surface area contributed by atoms with Crippen LogP contribution in [0.25, 0.3) is 0 Å². The SMILES string of the molecule is CCOc1ccccc1NC(=O)Nc1ccc(Nc2cc(Nc3cc(C)ccn3)ncn2)cc1. The van der Waals surface area contributed by atoms with E-state index in [1.807, 2.05) is 56.3 Å². The summed E-state index contributed by atoms with van der Waals surface area (Å²) in [4.78, 5) is 25.2. The normalized spacial score (nSPS) is 10.3. The lowest BCUT2D eigenvalue weighted by molar-refractivity contribution is 0.262. The van der Waals surface area contributed by atoms with Gasteiger partial charge in [0.1, 0.15) is 29.5 Å². The van der Waals surface area contributed by atoms with Gasteiger partial charge < -0.3 is 26.0 Å². The highest BCUT2D eigenvalue weighted by Crippen LogP contribution is 2.24. The number of aryl methyl sites for hydroxylation is 1. The molecular weight excluding hydrogens is 430 g/mol. The van der Waals surface area contributed by atoms with E-state index in [-0.39, 0.29) is 6.03 Å². The van der Waals surface area contributed by atoms with Crippen LogP contribution >= 0.6 is 0 Å². The average Bonchev–Trinajstić information content (AvgIpc) is 2.82. The maximum Gasteiger partial charge on any atom is 0.323 e. The van der Waals surface area contributed by atoms with Crippen LogP contribution in [0.2, 0.25) is 0 Å². The number of urea groups is 1. The van der Waals surface area contributed by atoms with Crippen LogP contribution in [0.15, 0.2) is 79.3 Å². The van der Waals surface area contributed by atoms with Crippen LogP contribution in [-0.4, -0.2) is 27.6 Å². The van der Waals surface area contributed by atoms with Crippen molar-refractivity contribution < 1.29 is 9.53 Å². The van der Waals surface area contributed by atoms with Crippen LogP contribution in [0, 0.1) is 6.92 Å². The van der Waals surface area contributed by atoms with Crippen molar-refractivity contribution in [1.29, 1.82) is 0 Å². The van der Waals surface area contributed by atoms with Gasteiger partial charge in [-0.3, -0.25) is 0 Å². The molecule has 0 aliphatic rings. The molecule has 4 N–H and O–H groups in total. The summed E-state index contributed by atoms with van der Waals surface area (Å²) in [6.07, 6.45) is 3.21. The molecule has 0 bridgehead atoms. The maximum absolute atomic E-state index is 12.4. The number of carbonyl (C=O) groups excluding carboxylic acids is 1. The second-order valence-corrected chi connectivity index (χ2v) is 7.34. The van der Waals surface area contributed by atoms with Gasteiger partial charge >= 0.3 is 6.03 Å². The highest BCUT2D eigenvalue weighted by Gasteiger charge is 2.08. The summed E-state index contributed by atoms with van der Waals surface area (Å²) in [5, 5.41) is 12.0. The van der Waals surface area contributed by atoms with Gasteiger partial charge in [0.15, 0.2) is 0 Å². The number of carbonyl (C=O) groups is 1. The van der Waals surface area contributed by atoms with Gasteiger partial charge in [-0.2, -0.15) is 0 Å².